The van der Waals surface area contributed by atoms with Crippen LogP contribution in [-0.4, -0.2) is 61.6 Å². The molecule has 1 unspecified atom stereocenters. The molecule has 1 aliphatic carbocycles. The lowest BCUT2D eigenvalue weighted by molar-refractivity contribution is -0.102. The zero-order valence-electron chi connectivity index (χ0n) is 26.0. The smallest absolute Gasteiger partial charge is 0.280 e. The lowest BCUT2D eigenvalue weighted by Gasteiger charge is -2.27. The average molecular weight is 626 g/mol. The van der Waals surface area contributed by atoms with E-state index >= 15 is 0 Å². The number of oxime groups is 1. The van der Waals surface area contributed by atoms with Crippen LogP contribution in [0, 0.1) is 0 Å². The summed E-state index contributed by atoms with van der Waals surface area (Å²) >= 11 is 0. The van der Waals surface area contributed by atoms with Gasteiger partial charge in [0.25, 0.3) is 12.0 Å². The Morgan fingerprint density at radius 1 is 1.04 bits per heavy atom. The van der Waals surface area contributed by atoms with E-state index in [1.807, 2.05) is 33.3 Å². The molecule has 46 heavy (non-hydrogen) atoms. The highest BCUT2D eigenvalue weighted by atomic mass is 16.7. The van der Waals surface area contributed by atoms with Crippen LogP contribution in [0.2, 0.25) is 0 Å². The van der Waals surface area contributed by atoms with E-state index in [2.05, 4.69) is 56.9 Å². The van der Waals surface area contributed by atoms with Crippen molar-refractivity contribution in [1.82, 2.24) is 24.6 Å². The Hall–Kier alpha value is -4.39. The summed E-state index contributed by atoms with van der Waals surface area (Å²) in [6.07, 6.45) is 7.43. The number of aliphatic hydroxyl groups excluding tert-OH is 1. The molecule has 2 aliphatic heterocycles. The van der Waals surface area contributed by atoms with Crippen molar-refractivity contribution in [2.45, 2.75) is 83.3 Å². The summed E-state index contributed by atoms with van der Waals surface area (Å²) in [5.74, 6) is 1.08. The quantitative estimate of drug-likeness (QED) is 0.263. The zero-order chi connectivity index (χ0) is 31.5. The number of nitrogens with one attached hydrogen (secondary N) is 1. The Morgan fingerprint density at radius 3 is 2.52 bits per heavy atom. The summed E-state index contributed by atoms with van der Waals surface area (Å²) in [6, 6.07) is 16.1. The molecule has 1 saturated heterocycles. The van der Waals surface area contributed by atoms with Crippen LogP contribution in [0.5, 0.6) is 0 Å². The Labute approximate surface area is 266 Å². The van der Waals surface area contributed by atoms with E-state index in [1.54, 1.807) is 6.33 Å². The van der Waals surface area contributed by atoms with E-state index in [4.69, 9.17) is 14.4 Å². The summed E-state index contributed by atoms with van der Waals surface area (Å²) in [6.45, 7) is 3.56. The molecular weight excluding hydrogens is 586 g/mol. The first-order valence-electron chi connectivity index (χ1n) is 16.2. The minimum Gasteiger partial charge on any atom is -0.392 e. The van der Waals surface area contributed by atoms with E-state index < -0.39 is 6.41 Å². The van der Waals surface area contributed by atoms with Crippen LogP contribution in [0.25, 0.3) is 16.9 Å². The summed E-state index contributed by atoms with van der Waals surface area (Å²) in [4.78, 5) is 33.9. The number of ether oxygens (including phenoxy) is 1. The van der Waals surface area contributed by atoms with Crippen molar-refractivity contribution >= 4 is 17.3 Å². The first-order chi connectivity index (χ1) is 22.6. The van der Waals surface area contributed by atoms with Crippen LogP contribution < -0.4 is 11.0 Å². The number of aliphatic imine (C=N–C) groups is 1. The molecule has 4 heterocycles. The van der Waals surface area contributed by atoms with Crippen molar-refractivity contribution in [3.8, 4) is 11.1 Å². The van der Waals surface area contributed by atoms with Gasteiger partial charge in [-0.25, -0.2) is 19.8 Å². The van der Waals surface area contributed by atoms with Crippen LogP contribution in [0.3, 0.4) is 0 Å². The van der Waals surface area contributed by atoms with Crippen molar-refractivity contribution < 1.29 is 19.5 Å². The van der Waals surface area contributed by atoms with Crippen molar-refractivity contribution in [3.05, 3.63) is 87.6 Å². The summed E-state index contributed by atoms with van der Waals surface area (Å²) in [5, 5.41) is 18.8. The molecule has 7 rings (SSSR count). The normalized spacial score (nSPS) is 20.5. The van der Waals surface area contributed by atoms with Gasteiger partial charge in [-0.2, -0.15) is 10.1 Å². The number of nitrogens with zero attached hydrogens (tertiary/aromatic N) is 6. The molecule has 0 spiro atoms. The highest BCUT2D eigenvalue weighted by Gasteiger charge is 2.27. The highest BCUT2D eigenvalue weighted by molar-refractivity contribution is 6.04. The molecule has 4 aromatic rings. The molecular formula is C34H39N7O5. The number of hydroxylamine groups is 1. The van der Waals surface area contributed by atoms with Crippen LogP contribution in [0.4, 0.5) is 0 Å². The maximum absolute atomic E-state index is 14.4. The van der Waals surface area contributed by atoms with Crippen LogP contribution in [0.1, 0.15) is 80.3 Å². The van der Waals surface area contributed by atoms with Crippen molar-refractivity contribution in [2.75, 3.05) is 13.2 Å². The molecule has 1 saturated carbocycles. The molecule has 240 valence electrons. The minimum atomic E-state index is -1.23. The van der Waals surface area contributed by atoms with Gasteiger partial charge < -0.3 is 14.7 Å². The highest BCUT2D eigenvalue weighted by Crippen LogP contribution is 2.30. The van der Waals surface area contributed by atoms with E-state index in [0.717, 1.165) is 104 Å². The second-order valence-electron chi connectivity index (χ2n) is 12.1. The van der Waals surface area contributed by atoms with Crippen molar-refractivity contribution in [1.29, 1.82) is 0 Å². The number of aliphatic hydroxyl groups is 1. The number of hydrogen-bond acceptors (Lipinski definition) is 10. The van der Waals surface area contributed by atoms with Gasteiger partial charge in [0, 0.05) is 36.4 Å². The molecule has 0 bridgehead atoms. The molecule has 2 aromatic carbocycles. The fourth-order valence-corrected chi connectivity index (χ4v) is 6.64. The molecule has 2 aromatic heterocycles. The molecule has 0 amide bonds. The third-order valence-corrected chi connectivity index (χ3v) is 9.04. The van der Waals surface area contributed by atoms with Gasteiger partial charge in [0.05, 0.1) is 24.6 Å². The lowest BCUT2D eigenvalue weighted by Crippen LogP contribution is -2.34. The Balaban J connectivity index is 1.15. The van der Waals surface area contributed by atoms with Crippen LogP contribution in [0.15, 0.2) is 69.8 Å². The number of fused-ring (bicyclic) bond motifs is 1. The van der Waals surface area contributed by atoms with Gasteiger partial charge in [-0.3, -0.25) is 9.36 Å². The third-order valence-electron chi connectivity index (χ3n) is 9.04. The van der Waals surface area contributed by atoms with E-state index in [9.17, 15) is 9.90 Å². The number of benzene rings is 2. The lowest BCUT2D eigenvalue weighted by atomic mass is 9.93. The zero-order valence-corrected chi connectivity index (χ0v) is 26.0. The third kappa shape index (κ3) is 6.20. The van der Waals surface area contributed by atoms with Crippen LogP contribution >= 0.6 is 0 Å². The Morgan fingerprint density at radius 2 is 1.80 bits per heavy atom. The first-order valence-corrected chi connectivity index (χ1v) is 16.2. The number of aromatic nitrogens is 4. The number of hydrogen-bond donors (Lipinski definition) is 2. The topological polar surface area (TPSA) is 137 Å². The standard InChI is InChI=1S/C34H39N7O5/c1-2-5-30-29(20-22-8-10-23(11-9-22)27-6-3-4-7-28(27)31-37-34(43)46-39-31)32(42)40(33-35-21-36-41(30)33)25-14-12-24(13-15-25)38-45-26-16-18-44-19-17-26/h3-4,6-11,21,25-26,34,43H,2,5,12-20H2,1H3,(H,37,39). The predicted octanol–water partition coefficient (Wildman–Crippen LogP) is 4.33. The number of aryl methyl sites for hydroxylation is 1. The van der Waals surface area contributed by atoms with E-state index in [1.165, 1.54) is 0 Å². The van der Waals surface area contributed by atoms with Gasteiger partial charge in [0.15, 0.2) is 5.84 Å². The summed E-state index contributed by atoms with van der Waals surface area (Å²) in [5.41, 5.74) is 9.23. The second kappa shape index (κ2) is 13.5. The molecule has 2 fully saturated rings. The molecule has 12 nitrogen and oxygen atoms in total. The van der Waals surface area contributed by atoms with Crippen LogP contribution in [-0.2, 0) is 27.3 Å². The fourth-order valence-electron chi connectivity index (χ4n) is 6.64. The minimum absolute atomic E-state index is 0.00384. The SMILES string of the molecule is CCCc1c(Cc2ccc(-c3ccccc3C3=NC(O)ON3)cc2)c(=O)n(C2CCC(=NOC3CCOCC3)CC2)c2ncnn12. The first kappa shape index (κ1) is 30.3. The molecule has 12 heteroatoms. The largest absolute Gasteiger partial charge is 0.392 e. The summed E-state index contributed by atoms with van der Waals surface area (Å²) in [7, 11) is 0. The number of rotatable bonds is 9. The van der Waals surface area contributed by atoms with Gasteiger partial charge in [-0.15, -0.1) is 0 Å². The van der Waals surface area contributed by atoms with Crippen molar-refractivity contribution in [2.24, 2.45) is 10.1 Å². The second-order valence-corrected chi connectivity index (χ2v) is 12.1. The van der Waals surface area contributed by atoms with E-state index in [-0.39, 0.29) is 17.7 Å². The average Bonchev–Trinajstić information content (AvgIpc) is 3.76. The molecule has 2 N–H and O–H groups in total. The molecule has 0 radical (unpaired) electrons. The molecule has 3 aliphatic rings. The Bertz CT molecular complexity index is 1800. The maximum atomic E-state index is 14.4. The maximum Gasteiger partial charge on any atom is 0.280 e. The van der Waals surface area contributed by atoms with Gasteiger partial charge in [-0.05, 0) is 48.8 Å². The van der Waals surface area contributed by atoms with E-state index in [0.29, 0.717) is 18.0 Å². The van der Waals surface area contributed by atoms with Gasteiger partial charge in [-0.1, -0.05) is 67.0 Å². The predicted molar refractivity (Wildman–Crippen MR) is 173 cm³/mol. The molecule has 1 atom stereocenters. The monoisotopic (exact) mass is 625 g/mol. The van der Waals surface area contributed by atoms with Gasteiger partial charge >= 0.3 is 0 Å². The summed E-state index contributed by atoms with van der Waals surface area (Å²) < 4.78 is 9.16. The Kier molecular flexibility index (Phi) is 8.91. The van der Waals surface area contributed by atoms with Crippen molar-refractivity contribution in [3.63, 3.8) is 0 Å². The van der Waals surface area contributed by atoms with Gasteiger partial charge in [0.1, 0.15) is 12.4 Å². The fraction of sp³-hybridized carbons (Fsp3) is 0.441. The van der Waals surface area contributed by atoms with Gasteiger partial charge in [0.2, 0.25) is 5.78 Å². The number of amidine groups is 1.